The molecule has 0 rings (SSSR count). The third-order valence-electron chi connectivity index (χ3n) is 11.0. The van der Waals surface area contributed by atoms with E-state index < -0.39 is 18.1 Å². The van der Waals surface area contributed by atoms with E-state index in [0.717, 1.165) is 64.2 Å². The summed E-state index contributed by atoms with van der Waals surface area (Å²) < 4.78 is 17.2. The van der Waals surface area contributed by atoms with E-state index in [4.69, 9.17) is 14.2 Å². The molecule has 2 atom stereocenters. The zero-order valence-electron chi connectivity index (χ0n) is 40.1. The van der Waals surface area contributed by atoms with Crippen molar-refractivity contribution in [3.63, 3.8) is 0 Å². The smallest absolute Gasteiger partial charge is 0.306 e. The van der Waals surface area contributed by atoms with Gasteiger partial charge in [-0.05, 0) is 32.1 Å². The highest BCUT2D eigenvalue weighted by Gasteiger charge is 2.25. The predicted molar refractivity (Wildman–Crippen MR) is 254 cm³/mol. The number of rotatable bonds is 44. The SMILES string of the molecule is CCC/C=C/C=C/C=C/C=C/C=C/CCCCCCCC(=O)OC(COCCC(C(=O)[O-])[N+](C)(C)C)COC(=O)CCCCCCCCCCCCCCCCCCCCC. The number of aliphatic carboxylic acids is 1. The van der Waals surface area contributed by atoms with Crippen LogP contribution in [-0.2, 0) is 28.6 Å². The van der Waals surface area contributed by atoms with Crippen molar-refractivity contribution in [2.24, 2.45) is 0 Å². The van der Waals surface area contributed by atoms with E-state index in [0.29, 0.717) is 12.8 Å². The lowest BCUT2D eigenvalue weighted by Crippen LogP contribution is -2.55. The molecule has 0 aliphatic rings. The normalized spacial score (nSPS) is 13.4. The molecular formula is C53H93NO7. The minimum atomic E-state index is -1.13. The minimum Gasteiger partial charge on any atom is -0.544 e. The Bertz CT molecular complexity index is 1180. The van der Waals surface area contributed by atoms with Gasteiger partial charge in [-0.1, -0.05) is 216 Å². The van der Waals surface area contributed by atoms with Crippen LogP contribution in [0.5, 0.6) is 0 Å². The van der Waals surface area contributed by atoms with Gasteiger partial charge in [0.2, 0.25) is 0 Å². The molecule has 0 aromatic carbocycles. The third kappa shape index (κ3) is 42.1. The van der Waals surface area contributed by atoms with Crippen LogP contribution in [0.1, 0.15) is 206 Å². The van der Waals surface area contributed by atoms with Gasteiger partial charge >= 0.3 is 11.9 Å². The van der Waals surface area contributed by atoms with Gasteiger partial charge < -0.3 is 28.6 Å². The molecule has 0 spiro atoms. The number of likely N-dealkylation sites (N-methyl/N-ethyl adjacent to an activating group) is 1. The van der Waals surface area contributed by atoms with Crippen molar-refractivity contribution in [3.8, 4) is 0 Å². The molecule has 0 aliphatic carbocycles. The first kappa shape index (κ1) is 58.0. The van der Waals surface area contributed by atoms with Gasteiger partial charge in [0, 0.05) is 19.3 Å². The van der Waals surface area contributed by atoms with Crippen molar-refractivity contribution in [2.75, 3.05) is 41.0 Å². The van der Waals surface area contributed by atoms with Gasteiger partial charge in [0.25, 0.3) is 0 Å². The van der Waals surface area contributed by atoms with Gasteiger partial charge in [0.15, 0.2) is 6.10 Å². The summed E-state index contributed by atoms with van der Waals surface area (Å²) in [6.45, 7) is 4.57. The molecule has 0 aromatic heterocycles. The average Bonchev–Trinajstić information content (AvgIpc) is 3.22. The zero-order valence-corrected chi connectivity index (χ0v) is 40.1. The van der Waals surface area contributed by atoms with Crippen LogP contribution in [0.2, 0.25) is 0 Å². The van der Waals surface area contributed by atoms with Crippen molar-refractivity contribution >= 4 is 17.9 Å². The van der Waals surface area contributed by atoms with E-state index in [1.54, 1.807) is 21.1 Å². The number of nitrogens with zero attached hydrogens (tertiary/aromatic N) is 1. The molecule has 0 saturated heterocycles. The summed E-state index contributed by atoms with van der Waals surface area (Å²) in [6.07, 6.45) is 53.8. The Hall–Kier alpha value is -2.97. The lowest BCUT2D eigenvalue weighted by molar-refractivity contribution is -0.889. The number of ether oxygens (including phenoxy) is 3. The molecule has 2 unspecified atom stereocenters. The van der Waals surface area contributed by atoms with Crippen LogP contribution >= 0.6 is 0 Å². The van der Waals surface area contributed by atoms with Crippen LogP contribution in [0.4, 0.5) is 0 Å². The minimum absolute atomic E-state index is 0.0297. The van der Waals surface area contributed by atoms with Crippen LogP contribution in [0.3, 0.4) is 0 Å². The van der Waals surface area contributed by atoms with Gasteiger partial charge in [-0.25, -0.2) is 0 Å². The fraction of sp³-hybridized carbons (Fsp3) is 0.755. The Balaban J connectivity index is 4.31. The van der Waals surface area contributed by atoms with Crippen molar-refractivity contribution in [1.82, 2.24) is 0 Å². The van der Waals surface area contributed by atoms with Crippen molar-refractivity contribution in [1.29, 1.82) is 0 Å². The second-order valence-electron chi connectivity index (χ2n) is 17.8. The Morgan fingerprint density at radius 1 is 0.492 bits per heavy atom. The molecule has 0 bridgehead atoms. The molecule has 0 N–H and O–H groups in total. The summed E-state index contributed by atoms with van der Waals surface area (Å²) in [7, 11) is 5.40. The number of hydrogen-bond acceptors (Lipinski definition) is 7. The third-order valence-corrected chi connectivity index (χ3v) is 11.0. The number of carbonyl (C=O) groups excluding carboxylic acids is 3. The number of allylic oxidation sites excluding steroid dienone is 10. The van der Waals surface area contributed by atoms with Gasteiger partial charge in [-0.2, -0.15) is 0 Å². The summed E-state index contributed by atoms with van der Waals surface area (Å²) in [4.78, 5) is 37.0. The Kier molecular flexibility index (Phi) is 41.5. The number of esters is 2. The van der Waals surface area contributed by atoms with Gasteiger partial charge in [-0.15, -0.1) is 0 Å². The van der Waals surface area contributed by atoms with Crippen LogP contribution in [-0.4, -0.2) is 75.5 Å². The Labute approximate surface area is 375 Å². The van der Waals surface area contributed by atoms with E-state index in [-0.39, 0.29) is 42.7 Å². The van der Waals surface area contributed by atoms with Gasteiger partial charge in [0.05, 0.1) is 40.3 Å². The monoisotopic (exact) mass is 856 g/mol. The first-order chi connectivity index (χ1) is 29.6. The van der Waals surface area contributed by atoms with Gasteiger partial charge in [-0.3, -0.25) is 9.59 Å². The van der Waals surface area contributed by atoms with E-state index in [1.165, 1.54) is 109 Å². The maximum absolute atomic E-state index is 12.8. The Morgan fingerprint density at radius 2 is 0.902 bits per heavy atom. The highest BCUT2D eigenvalue weighted by Crippen LogP contribution is 2.16. The number of carboxylic acids is 1. The summed E-state index contributed by atoms with van der Waals surface area (Å²) in [5.74, 6) is -1.76. The fourth-order valence-electron chi connectivity index (χ4n) is 7.16. The van der Waals surface area contributed by atoms with Crippen molar-refractivity contribution in [2.45, 2.75) is 219 Å². The molecule has 0 aromatic rings. The molecule has 0 radical (unpaired) electrons. The molecule has 352 valence electrons. The lowest BCUT2D eigenvalue weighted by atomic mass is 10.0. The fourth-order valence-corrected chi connectivity index (χ4v) is 7.16. The van der Waals surface area contributed by atoms with Crippen LogP contribution in [0.15, 0.2) is 60.8 Å². The van der Waals surface area contributed by atoms with E-state index in [9.17, 15) is 19.5 Å². The summed E-state index contributed by atoms with van der Waals surface area (Å²) in [5.41, 5.74) is 0. The maximum Gasteiger partial charge on any atom is 0.306 e. The molecule has 8 nitrogen and oxygen atoms in total. The first-order valence-corrected chi connectivity index (χ1v) is 24.9. The summed E-state index contributed by atoms with van der Waals surface area (Å²) in [5, 5.41) is 11.7. The Morgan fingerprint density at radius 3 is 1.34 bits per heavy atom. The second kappa shape index (κ2) is 43.7. The number of unbranched alkanes of at least 4 members (excludes halogenated alkanes) is 24. The van der Waals surface area contributed by atoms with E-state index in [1.807, 2.05) is 36.5 Å². The zero-order chi connectivity index (χ0) is 44.9. The van der Waals surface area contributed by atoms with Crippen molar-refractivity contribution in [3.05, 3.63) is 60.8 Å². The number of carboxylic acid groups (broad SMARTS) is 1. The molecule has 0 aliphatic heterocycles. The average molecular weight is 856 g/mol. The highest BCUT2D eigenvalue weighted by atomic mass is 16.6. The molecule has 61 heavy (non-hydrogen) atoms. The molecule has 0 saturated carbocycles. The molecule has 0 heterocycles. The molecule has 8 heteroatoms. The summed E-state index contributed by atoms with van der Waals surface area (Å²) in [6, 6.07) is -0.732. The highest BCUT2D eigenvalue weighted by molar-refractivity contribution is 5.70. The summed E-state index contributed by atoms with van der Waals surface area (Å²) >= 11 is 0. The predicted octanol–water partition coefficient (Wildman–Crippen LogP) is 12.8. The first-order valence-electron chi connectivity index (χ1n) is 24.9. The van der Waals surface area contributed by atoms with E-state index >= 15 is 0 Å². The molecule has 0 fully saturated rings. The quantitative estimate of drug-likeness (QED) is 0.0260. The number of quaternary nitrogens is 1. The van der Waals surface area contributed by atoms with Crippen molar-refractivity contribution < 1.29 is 38.2 Å². The maximum atomic E-state index is 12.8. The largest absolute Gasteiger partial charge is 0.544 e. The van der Waals surface area contributed by atoms with Gasteiger partial charge in [0.1, 0.15) is 12.6 Å². The van der Waals surface area contributed by atoms with Crippen LogP contribution in [0.25, 0.3) is 0 Å². The molecular weight excluding hydrogens is 763 g/mol. The second-order valence-corrected chi connectivity index (χ2v) is 17.8. The van der Waals surface area contributed by atoms with Crippen LogP contribution in [0, 0.1) is 0 Å². The van der Waals surface area contributed by atoms with E-state index in [2.05, 4.69) is 38.2 Å². The lowest BCUT2D eigenvalue weighted by Gasteiger charge is -2.34. The standard InChI is InChI=1S/C53H93NO7/c1-6-8-10-12-14-16-18-20-22-24-26-28-29-31-33-35-37-39-41-43-51(55)60-48-49(47-59-46-45-50(53(57)58)54(3,4)5)61-52(56)44-42-40-38-36-34-32-30-27-25-23-21-19-17-15-13-11-9-7-2/h11,13,15,17,19,21,23,25,27,30,49-50H,6-10,12,14,16,18,20,22,24,26,28-29,31-48H2,1-5H3/b13-11+,17-15+,21-19+,25-23+,30-27+. The van der Waals surface area contributed by atoms with Crippen LogP contribution < -0.4 is 5.11 Å². The number of carbonyl (C=O) groups is 3. The number of hydrogen-bond donors (Lipinski definition) is 0. The molecule has 0 amide bonds. The topological polar surface area (TPSA) is 102 Å².